The van der Waals surface area contributed by atoms with Crippen LogP contribution in [0.25, 0.3) is 0 Å². The number of benzene rings is 1. The highest BCUT2D eigenvalue weighted by Crippen LogP contribution is 2.32. The monoisotopic (exact) mass is 370 g/mol. The maximum Gasteiger partial charge on any atom is 0.434 e. The molecule has 124 valence electrons. The number of halogens is 3. The number of rotatable bonds is 2. The summed E-state index contributed by atoms with van der Waals surface area (Å²) in [5.41, 5.74) is 1.42. The molecular weight excluding hydrogens is 361 g/mol. The number of amidine groups is 1. The Hall–Kier alpha value is -2.20. The molecule has 0 aliphatic carbocycles. The summed E-state index contributed by atoms with van der Waals surface area (Å²) in [5, 5.41) is 10.4. The van der Waals surface area contributed by atoms with E-state index in [1.165, 1.54) is 11.8 Å². The first-order valence-electron chi connectivity index (χ1n) is 6.60. The minimum Gasteiger partial charge on any atom is -0.299 e. The van der Waals surface area contributed by atoms with Gasteiger partial charge in [0, 0.05) is 5.75 Å². The third-order valence-electron chi connectivity index (χ3n) is 2.98. The second kappa shape index (κ2) is 6.73. The number of aromatic nitrogens is 1. The van der Waals surface area contributed by atoms with Crippen molar-refractivity contribution < 1.29 is 18.0 Å². The topological polar surface area (TPSA) is 66.7 Å². The van der Waals surface area contributed by atoms with Gasteiger partial charge in [0.1, 0.15) is 4.88 Å². The van der Waals surface area contributed by atoms with Crippen LogP contribution in [-0.4, -0.2) is 27.5 Å². The Morgan fingerprint density at radius 3 is 2.54 bits per heavy atom. The van der Waals surface area contributed by atoms with Gasteiger partial charge in [-0.1, -0.05) is 42.1 Å². The van der Waals surface area contributed by atoms with Gasteiger partial charge in [0.25, 0.3) is 5.91 Å². The number of alkyl halides is 3. The smallest absolute Gasteiger partial charge is 0.299 e. The predicted octanol–water partition coefficient (Wildman–Crippen LogP) is 3.40. The number of amides is 1. The van der Waals surface area contributed by atoms with Crippen LogP contribution in [0.15, 0.2) is 46.0 Å². The second-order valence-corrected chi connectivity index (χ2v) is 6.41. The summed E-state index contributed by atoms with van der Waals surface area (Å²) in [5.74, 6) is -0.438. The van der Waals surface area contributed by atoms with E-state index >= 15 is 0 Å². The van der Waals surface area contributed by atoms with E-state index in [-0.39, 0.29) is 5.17 Å². The summed E-state index contributed by atoms with van der Waals surface area (Å²) in [6.07, 6.45) is -4.67. The Kier molecular flexibility index (Phi) is 4.67. The normalized spacial score (nSPS) is 14.8. The molecule has 0 saturated heterocycles. The highest BCUT2D eigenvalue weighted by Gasteiger charge is 2.38. The summed E-state index contributed by atoms with van der Waals surface area (Å²) >= 11 is 1.82. The van der Waals surface area contributed by atoms with Crippen LogP contribution in [0.2, 0.25) is 0 Å². The molecule has 0 unspecified atom stereocenters. The molecule has 1 amide bonds. The maximum atomic E-state index is 12.8. The van der Waals surface area contributed by atoms with Crippen molar-refractivity contribution in [2.45, 2.75) is 6.18 Å². The fourth-order valence-corrected chi connectivity index (χ4v) is 3.36. The zero-order valence-corrected chi connectivity index (χ0v) is 13.5. The van der Waals surface area contributed by atoms with Gasteiger partial charge in [0.2, 0.25) is 0 Å². The molecule has 0 radical (unpaired) electrons. The molecule has 0 atom stereocenters. The van der Waals surface area contributed by atoms with Crippen LogP contribution in [0.4, 0.5) is 13.2 Å². The van der Waals surface area contributed by atoms with Crippen LogP contribution in [0.1, 0.15) is 20.9 Å². The number of hydrogen-bond acceptors (Lipinski definition) is 6. The molecule has 1 aromatic carbocycles. The molecule has 1 aromatic heterocycles. The van der Waals surface area contributed by atoms with E-state index in [9.17, 15) is 18.0 Å². The third-order valence-corrected chi connectivity index (χ3v) is 4.68. The van der Waals surface area contributed by atoms with Crippen LogP contribution in [0.3, 0.4) is 0 Å². The fourth-order valence-electron chi connectivity index (χ4n) is 1.90. The van der Waals surface area contributed by atoms with E-state index in [0.717, 1.165) is 16.8 Å². The number of thioether (sulfide) groups is 1. The predicted molar refractivity (Wildman–Crippen MR) is 87.5 cm³/mol. The largest absolute Gasteiger partial charge is 0.434 e. The number of hydrogen-bond donors (Lipinski definition) is 1. The lowest BCUT2D eigenvalue weighted by Crippen LogP contribution is -2.31. The van der Waals surface area contributed by atoms with E-state index in [1.807, 2.05) is 30.3 Å². The summed E-state index contributed by atoms with van der Waals surface area (Å²) in [6.45, 7) is 0. The zero-order valence-electron chi connectivity index (χ0n) is 11.9. The first kappa shape index (κ1) is 16.7. The molecule has 0 saturated carbocycles. The zero-order chi connectivity index (χ0) is 17.2. The van der Waals surface area contributed by atoms with Crippen molar-refractivity contribution in [1.29, 1.82) is 0 Å². The standard InChI is InChI=1S/C14H9F3N4OS2/c15-14(16,17)11-10(24-7-18-11)12(22)19-13-21-20-9(6-23-13)8-4-2-1-3-5-8/h1-5,7H,6H2,(H,19,21,22). The molecule has 24 heavy (non-hydrogen) atoms. The van der Waals surface area contributed by atoms with Crippen molar-refractivity contribution in [1.82, 2.24) is 10.3 Å². The summed E-state index contributed by atoms with van der Waals surface area (Å²) < 4.78 is 38.3. The Balaban J connectivity index is 1.74. The van der Waals surface area contributed by atoms with E-state index in [2.05, 4.69) is 20.5 Å². The average Bonchev–Trinajstić information content (AvgIpc) is 3.06. The lowest BCUT2D eigenvalue weighted by molar-refractivity contribution is -0.141. The van der Waals surface area contributed by atoms with Crippen LogP contribution < -0.4 is 5.32 Å². The van der Waals surface area contributed by atoms with Crippen LogP contribution in [-0.2, 0) is 6.18 Å². The van der Waals surface area contributed by atoms with Gasteiger partial charge in [-0.3, -0.25) is 10.1 Å². The molecule has 1 N–H and O–H groups in total. The second-order valence-electron chi connectivity index (χ2n) is 4.59. The van der Waals surface area contributed by atoms with Crippen LogP contribution in [0.5, 0.6) is 0 Å². The number of carbonyl (C=O) groups is 1. The minimum atomic E-state index is -4.67. The summed E-state index contributed by atoms with van der Waals surface area (Å²) in [6, 6.07) is 9.37. The Morgan fingerprint density at radius 2 is 1.92 bits per heavy atom. The van der Waals surface area contributed by atoms with Gasteiger partial charge in [0.15, 0.2) is 10.9 Å². The highest BCUT2D eigenvalue weighted by atomic mass is 32.2. The van der Waals surface area contributed by atoms with Crippen molar-refractivity contribution in [3.63, 3.8) is 0 Å². The molecule has 10 heteroatoms. The Morgan fingerprint density at radius 1 is 1.17 bits per heavy atom. The number of nitrogens with zero attached hydrogens (tertiary/aromatic N) is 3. The van der Waals surface area contributed by atoms with Crippen molar-refractivity contribution in [2.75, 3.05) is 5.75 Å². The minimum absolute atomic E-state index is 0.154. The van der Waals surface area contributed by atoms with Crippen LogP contribution in [0, 0.1) is 0 Å². The maximum absolute atomic E-state index is 12.8. The van der Waals surface area contributed by atoms with Crippen molar-refractivity contribution in [2.24, 2.45) is 10.2 Å². The fraction of sp³-hybridized carbons (Fsp3) is 0.143. The quantitative estimate of drug-likeness (QED) is 0.881. The average molecular weight is 370 g/mol. The SMILES string of the molecule is O=C(NC1=NN=C(c2ccccc2)CS1)c1scnc1C(F)(F)F. The molecule has 1 aliphatic rings. The molecule has 1 aliphatic heterocycles. The number of nitrogens with one attached hydrogen (secondary N) is 1. The summed E-state index contributed by atoms with van der Waals surface area (Å²) in [7, 11) is 0. The van der Waals surface area contributed by atoms with Gasteiger partial charge >= 0.3 is 6.18 Å². The molecule has 0 spiro atoms. The Bertz CT molecular complexity index is 815. The van der Waals surface area contributed by atoms with E-state index in [0.29, 0.717) is 17.1 Å². The highest BCUT2D eigenvalue weighted by molar-refractivity contribution is 8.14. The van der Waals surface area contributed by atoms with Gasteiger partial charge in [0.05, 0.1) is 11.2 Å². The number of thiazole rings is 1. The van der Waals surface area contributed by atoms with Crippen molar-refractivity contribution >= 4 is 39.9 Å². The van der Waals surface area contributed by atoms with Crippen LogP contribution >= 0.6 is 23.1 Å². The molecular formula is C14H9F3N4OS2. The van der Waals surface area contributed by atoms with E-state index < -0.39 is 22.7 Å². The molecule has 5 nitrogen and oxygen atoms in total. The lowest BCUT2D eigenvalue weighted by Gasteiger charge is -2.13. The first-order chi connectivity index (χ1) is 11.4. The van der Waals surface area contributed by atoms with Gasteiger partial charge in [-0.25, -0.2) is 4.98 Å². The van der Waals surface area contributed by atoms with Gasteiger partial charge in [-0.05, 0) is 5.56 Å². The van der Waals surface area contributed by atoms with Crippen molar-refractivity contribution in [3.8, 4) is 0 Å². The van der Waals surface area contributed by atoms with Gasteiger partial charge in [-0.2, -0.15) is 18.3 Å². The molecule has 2 heterocycles. The van der Waals surface area contributed by atoms with E-state index in [1.54, 1.807) is 0 Å². The van der Waals surface area contributed by atoms with E-state index in [4.69, 9.17) is 0 Å². The molecule has 3 rings (SSSR count). The molecule has 2 aromatic rings. The summed E-state index contributed by atoms with van der Waals surface area (Å²) in [4.78, 5) is 14.7. The van der Waals surface area contributed by atoms with Gasteiger partial charge < -0.3 is 0 Å². The number of carbonyl (C=O) groups excluding carboxylic acids is 1. The lowest BCUT2D eigenvalue weighted by atomic mass is 10.1. The van der Waals surface area contributed by atoms with Crippen molar-refractivity contribution in [3.05, 3.63) is 52.0 Å². The molecule has 0 bridgehead atoms. The first-order valence-corrected chi connectivity index (χ1v) is 8.46. The third kappa shape index (κ3) is 3.65. The Labute approximate surface area is 142 Å². The van der Waals surface area contributed by atoms with Gasteiger partial charge in [-0.15, -0.1) is 16.4 Å². The molecule has 0 fully saturated rings.